The Morgan fingerprint density at radius 3 is 2.71 bits per heavy atom. The number of hydrogen-bond donors (Lipinski definition) is 1. The average Bonchev–Trinajstić information content (AvgIpc) is 3.35. The number of alkyl halides is 2. The van der Waals surface area contributed by atoms with Crippen LogP contribution in [0.4, 0.5) is 8.78 Å². The van der Waals surface area contributed by atoms with Gasteiger partial charge in [0.05, 0.1) is 19.0 Å². The summed E-state index contributed by atoms with van der Waals surface area (Å²) in [6.45, 7) is 4.27. The molecule has 212 valence electrons. The molecule has 0 amide bonds. The van der Waals surface area contributed by atoms with Gasteiger partial charge in [-0.05, 0) is 53.8 Å². The number of carboxylic acid groups (broad SMARTS) is 1. The van der Waals surface area contributed by atoms with E-state index in [2.05, 4.69) is 22.1 Å². The summed E-state index contributed by atoms with van der Waals surface area (Å²) < 4.78 is 39.8. The highest BCUT2D eigenvalue weighted by Gasteiger charge is 2.57. The molecule has 2 aliphatic rings. The number of aryl methyl sites for hydroxylation is 1. The van der Waals surface area contributed by atoms with E-state index in [9.17, 15) is 18.7 Å². The van der Waals surface area contributed by atoms with Crippen molar-refractivity contribution in [1.29, 1.82) is 0 Å². The number of methoxy groups -OCH3 is 1. The molecule has 1 aliphatic carbocycles. The summed E-state index contributed by atoms with van der Waals surface area (Å²) >= 11 is 0. The van der Waals surface area contributed by atoms with E-state index in [0.29, 0.717) is 37.0 Å². The van der Waals surface area contributed by atoms with Gasteiger partial charge in [-0.1, -0.05) is 36.4 Å². The van der Waals surface area contributed by atoms with Crippen molar-refractivity contribution >= 4 is 5.97 Å². The number of ether oxygens (including phenoxy) is 2. The van der Waals surface area contributed by atoms with Crippen LogP contribution in [0.25, 0.3) is 17.1 Å². The Morgan fingerprint density at radius 2 is 1.95 bits per heavy atom. The predicted molar refractivity (Wildman–Crippen MR) is 148 cm³/mol. The molecule has 0 radical (unpaired) electrons. The lowest BCUT2D eigenvalue weighted by Crippen LogP contribution is -2.33. The maximum Gasteiger partial charge on any atom is 0.342 e. The van der Waals surface area contributed by atoms with Gasteiger partial charge >= 0.3 is 5.97 Å². The molecule has 4 aromatic rings. The Morgan fingerprint density at radius 1 is 1.15 bits per heavy atom. The van der Waals surface area contributed by atoms with E-state index in [-0.39, 0.29) is 17.9 Å². The summed E-state index contributed by atoms with van der Waals surface area (Å²) in [6.07, 6.45) is 2.07. The fraction of sp³-hybridized carbons (Fsp3) is 0.323. The monoisotopic (exact) mass is 560 g/mol. The van der Waals surface area contributed by atoms with Gasteiger partial charge < -0.3 is 14.6 Å². The topological polar surface area (TPSA) is 89.7 Å². The normalized spacial score (nSPS) is 17.6. The summed E-state index contributed by atoms with van der Waals surface area (Å²) in [7, 11) is 1.39. The molecule has 1 fully saturated rings. The molecule has 8 nitrogen and oxygen atoms in total. The van der Waals surface area contributed by atoms with Crippen LogP contribution in [0.3, 0.4) is 0 Å². The van der Waals surface area contributed by atoms with Gasteiger partial charge in [0.1, 0.15) is 17.9 Å². The Labute approximate surface area is 236 Å². The van der Waals surface area contributed by atoms with Gasteiger partial charge in [0.25, 0.3) is 5.92 Å². The number of fused-ring (bicyclic) bond motifs is 1. The molecule has 1 aliphatic heterocycles. The lowest BCUT2D eigenvalue weighted by atomic mass is 9.97. The number of carbonyl (C=O) groups is 1. The fourth-order valence-electron chi connectivity index (χ4n) is 5.43. The standard InChI is InChI=1S/C31H30F2N4O4/c1-19-5-3-6-24(26-7-4-8-27(35-26)37-29(40-2)25(15-34-37)30(38)39)28(19)41-18-20-9-10-22-16-36(12-11-21(22)13-20)17-23-14-31(23,32)33/h3-10,13,15,23H,11-12,14,16-18H2,1-2H3,(H,38,39). The largest absolute Gasteiger partial charge is 0.488 e. The van der Waals surface area contributed by atoms with Gasteiger partial charge in [0, 0.05) is 37.5 Å². The number of para-hydroxylation sites is 1. The molecular formula is C31H30F2N4O4. The van der Waals surface area contributed by atoms with Crippen molar-refractivity contribution in [3.8, 4) is 28.7 Å². The van der Waals surface area contributed by atoms with Gasteiger partial charge in [0.15, 0.2) is 5.82 Å². The molecule has 1 saturated carbocycles. The lowest BCUT2D eigenvalue weighted by molar-refractivity contribution is 0.0692. The number of carboxylic acids is 1. The first-order chi connectivity index (χ1) is 19.7. The van der Waals surface area contributed by atoms with E-state index in [4.69, 9.17) is 14.5 Å². The highest BCUT2D eigenvalue weighted by atomic mass is 19.3. The second-order valence-corrected chi connectivity index (χ2v) is 10.7. The molecule has 0 bridgehead atoms. The molecule has 2 aromatic carbocycles. The van der Waals surface area contributed by atoms with Crippen molar-refractivity contribution in [3.05, 3.63) is 88.6 Å². The van der Waals surface area contributed by atoms with Gasteiger partial charge in [-0.15, -0.1) is 0 Å². The van der Waals surface area contributed by atoms with Crippen molar-refractivity contribution in [2.24, 2.45) is 5.92 Å². The van der Waals surface area contributed by atoms with Crippen LogP contribution in [-0.2, 0) is 19.6 Å². The number of aromatic nitrogens is 3. The van der Waals surface area contributed by atoms with Crippen LogP contribution in [0, 0.1) is 12.8 Å². The highest BCUT2D eigenvalue weighted by Crippen LogP contribution is 2.49. The SMILES string of the molecule is COc1c(C(=O)O)cnn1-c1cccc(-c2cccc(C)c2OCc2ccc3c(c2)CCN(CC2CC2(F)F)C3)n1. The van der Waals surface area contributed by atoms with E-state index >= 15 is 0 Å². The minimum Gasteiger partial charge on any atom is -0.488 e. The van der Waals surface area contributed by atoms with Crippen LogP contribution in [0.2, 0.25) is 0 Å². The molecule has 2 aromatic heterocycles. The number of pyridine rings is 1. The zero-order valence-corrected chi connectivity index (χ0v) is 22.8. The molecule has 1 unspecified atom stereocenters. The third kappa shape index (κ3) is 5.39. The molecule has 0 spiro atoms. The zero-order chi connectivity index (χ0) is 28.7. The van der Waals surface area contributed by atoms with Crippen molar-refractivity contribution in [2.75, 3.05) is 20.2 Å². The fourth-order valence-corrected chi connectivity index (χ4v) is 5.43. The van der Waals surface area contributed by atoms with Crippen LogP contribution in [0.5, 0.6) is 11.6 Å². The van der Waals surface area contributed by atoms with Crippen molar-refractivity contribution in [2.45, 2.75) is 38.8 Å². The Bertz CT molecular complexity index is 1620. The maximum absolute atomic E-state index is 13.4. The van der Waals surface area contributed by atoms with Crippen LogP contribution in [0.15, 0.2) is 60.8 Å². The summed E-state index contributed by atoms with van der Waals surface area (Å²) in [5.41, 5.74) is 5.78. The van der Waals surface area contributed by atoms with Gasteiger partial charge in [-0.25, -0.2) is 18.6 Å². The Balaban J connectivity index is 1.20. The summed E-state index contributed by atoms with van der Waals surface area (Å²) in [4.78, 5) is 18.4. The third-order valence-corrected chi connectivity index (χ3v) is 7.77. The first-order valence-corrected chi connectivity index (χ1v) is 13.5. The van der Waals surface area contributed by atoms with E-state index in [1.165, 1.54) is 29.1 Å². The van der Waals surface area contributed by atoms with Crippen LogP contribution < -0.4 is 9.47 Å². The smallest absolute Gasteiger partial charge is 0.342 e. The molecule has 41 heavy (non-hydrogen) atoms. The van der Waals surface area contributed by atoms with Crippen LogP contribution >= 0.6 is 0 Å². The summed E-state index contributed by atoms with van der Waals surface area (Å²) in [5.74, 6) is -2.93. The molecule has 3 heterocycles. The van der Waals surface area contributed by atoms with Crippen LogP contribution in [0.1, 0.15) is 39.0 Å². The molecule has 10 heteroatoms. The average molecular weight is 561 g/mol. The van der Waals surface area contributed by atoms with Crippen LogP contribution in [-0.4, -0.2) is 56.9 Å². The lowest BCUT2D eigenvalue weighted by Gasteiger charge is -2.29. The van der Waals surface area contributed by atoms with Crippen molar-refractivity contribution in [3.63, 3.8) is 0 Å². The number of halogens is 2. The quantitative estimate of drug-likeness (QED) is 0.287. The number of nitrogens with zero attached hydrogens (tertiary/aromatic N) is 4. The van der Waals surface area contributed by atoms with E-state index in [1.807, 2.05) is 43.3 Å². The van der Waals surface area contributed by atoms with Crippen molar-refractivity contribution in [1.82, 2.24) is 19.7 Å². The maximum atomic E-state index is 13.4. The minimum absolute atomic E-state index is 0.0103. The number of rotatable bonds is 9. The number of aromatic carboxylic acids is 1. The molecule has 1 atom stereocenters. The van der Waals surface area contributed by atoms with Gasteiger partial charge in [0.2, 0.25) is 5.88 Å². The van der Waals surface area contributed by atoms with Crippen molar-refractivity contribution < 1.29 is 28.2 Å². The second kappa shape index (κ2) is 10.6. The first kappa shape index (κ1) is 26.9. The van der Waals surface area contributed by atoms with E-state index in [1.54, 1.807) is 6.07 Å². The van der Waals surface area contributed by atoms with E-state index < -0.39 is 17.8 Å². The Hall–Kier alpha value is -4.31. The Kier molecular flexibility index (Phi) is 6.94. The molecule has 1 N–H and O–H groups in total. The summed E-state index contributed by atoms with van der Waals surface area (Å²) in [5, 5.41) is 13.6. The molecular weight excluding hydrogens is 530 g/mol. The number of hydrogen-bond acceptors (Lipinski definition) is 6. The molecule has 0 saturated heterocycles. The predicted octanol–water partition coefficient (Wildman–Crippen LogP) is 5.54. The number of benzene rings is 2. The van der Waals surface area contributed by atoms with Gasteiger partial charge in [-0.2, -0.15) is 9.78 Å². The molecule has 6 rings (SSSR count). The third-order valence-electron chi connectivity index (χ3n) is 7.77. The zero-order valence-electron chi connectivity index (χ0n) is 22.8. The van der Waals surface area contributed by atoms with E-state index in [0.717, 1.165) is 29.7 Å². The highest BCUT2D eigenvalue weighted by molar-refractivity contribution is 5.90. The summed E-state index contributed by atoms with van der Waals surface area (Å²) in [6, 6.07) is 17.5. The first-order valence-electron chi connectivity index (χ1n) is 13.5. The van der Waals surface area contributed by atoms with Gasteiger partial charge in [-0.3, -0.25) is 4.90 Å². The minimum atomic E-state index is -2.48. The second-order valence-electron chi connectivity index (χ2n) is 10.7.